The van der Waals surface area contributed by atoms with E-state index in [1.165, 1.54) is 18.4 Å². The Balaban J connectivity index is 2.39. The molecule has 0 radical (unpaired) electrons. The van der Waals surface area contributed by atoms with E-state index in [1.54, 1.807) is 6.07 Å². The summed E-state index contributed by atoms with van der Waals surface area (Å²) in [5, 5.41) is 9.04. The van der Waals surface area contributed by atoms with Crippen molar-refractivity contribution >= 4 is 27.5 Å². The summed E-state index contributed by atoms with van der Waals surface area (Å²) in [4.78, 5) is 11.0. The average Bonchev–Trinajstić information content (AvgIpc) is 2.30. The van der Waals surface area contributed by atoms with Crippen LogP contribution in [0.4, 0.5) is 0 Å². The first-order chi connectivity index (χ1) is 7.68. The minimum Gasteiger partial charge on any atom is -0.478 e. The first-order valence-electron chi connectivity index (χ1n) is 5.41. The predicted octanol–water partition coefficient (Wildman–Crippen LogP) is 4.10. The van der Waals surface area contributed by atoms with Crippen molar-refractivity contribution in [1.29, 1.82) is 0 Å². The molecule has 16 heavy (non-hydrogen) atoms. The number of carbonyl (C=O) groups is 1. The summed E-state index contributed by atoms with van der Waals surface area (Å²) in [6.07, 6.45) is 6.82. The molecular weight excluding hydrogens is 268 g/mol. The van der Waals surface area contributed by atoms with Gasteiger partial charge in [0.15, 0.2) is 0 Å². The molecule has 1 N–H and O–H groups in total. The van der Waals surface area contributed by atoms with Gasteiger partial charge in [-0.15, -0.1) is 0 Å². The molecule has 0 unspecified atom stereocenters. The lowest BCUT2D eigenvalue weighted by Crippen LogP contribution is -2.00. The number of aromatic carboxylic acids is 1. The number of carboxylic acids is 1. The summed E-state index contributed by atoms with van der Waals surface area (Å²) in [6, 6.07) is 5.55. The third-order valence-electron chi connectivity index (χ3n) is 2.86. The summed E-state index contributed by atoms with van der Waals surface area (Å²) >= 11 is 3.25. The lowest BCUT2D eigenvalue weighted by molar-refractivity contribution is 0.0696. The molecule has 1 aromatic rings. The lowest BCUT2D eigenvalue weighted by atomic mass is 9.93. The van der Waals surface area contributed by atoms with E-state index in [2.05, 4.69) is 22.0 Å². The van der Waals surface area contributed by atoms with Gasteiger partial charge in [-0.05, 0) is 64.9 Å². The minimum absolute atomic E-state index is 0.337. The maximum Gasteiger partial charge on any atom is 0.336 e. The van der Waals surface area contributed by atoms with Crippen LogP contribution in [0.25, 0.3) is 5.57 Å². The van der Waals surface area contributed by atoms with Crippen molar-refractivity contribution in [3.05, 3.63) is 39.9 Å². The molecule has 0 aromatic heterocycles. The van der Waals surface area contributed by atoms with Gasteiger partial charge in [0.05, 0.1) is 5.56 Å². The second-order valence-corrected chi connectivity index (χ2v) is 4.83. The summed E-state index contributed by atoms with van der Waals surface area (Å²) in [6.45, 7) is 0. The highest BCUT2D eigenvalue weighted by Crippen LogP contribution is 2.29. The zero-order chi connectivity index (χ0) is 11.5. The Labute approximate surface area is 103 Å². The summed E-state index contributed by atoms with van der Waals surface area (Å²) in [7, 11) is 0. The second kappa shape index (κ2) is 4.83. The Morgan fingerprint density at radius 3 is 2.75 bits per heavy atom. The number of hydrogen-bond acceptors (Lipinski definition) is 1. The van der Waals surface area contributed by atoms with Gasteiger partial charge in [0.2, 0.25) is 0 Å². The number of allylic oxidation sites excluding steroid dienone is 2. The zero-order valence-electron chi connectivity index (χ0n) is 8.87. The van der Waals surface area contributed by atoms with Gasteiger partial charge in [0, 0.05) is 4.47 Å². The third kappa shape index (κ3) is 2.35. The highest BCUT2D eigenvalue weighted by molar-refractivity contribution is 9.10. The van der Waals surface area contributed by atoms with Gasteiger partial charge in [0.25, 0.3) is 0 Å². The average molecular weight is 281 g/mol. The molecule has 0 aliphatic heterocycles. The molecule has 0 spiro atoms. The molecule has 2 nitrogen and oxygen atoms in total. The van der Waals surface area contributed by atoms with E-state index in [9.17, 15) is 4.79 Å². The summed E-state index contributed by atoms with van der Waals surface area (Å²) < 4.78 is 0.639. The van der Waals surface area contributed by atoms with Gasteiger partial charge in [-0.3, -0.25) is 0 Å². The molecule has 0 amide bonds. The van der Waals surface area contributed by atoms with E-state index in [0.29, 0.717) is 10.0 Å². The van der Waals surface area contributed by atoms with Gasteiger partial charge < -0.3 is 5.11 Å². The van der Waals surface area contributed by atoms with Gasteiger partial charge in [-0.1, -0.05) is 12.1 Å². The molecule has 0 fully saturated rings. The minimum atomic E-state index is -0.884. The maximum absolute atomic E-state index is 11.0. The fraction of sp³-hybridized carbons (Fsp3) is 0.308. The highest BCUT2D eigenvalue weighted by Gasteiger charge is 2.12. The van der Waals surface area contributed by atoms with Crippen LogP contribution < -0.4 is 0 Å². The normalized spacial score (nSPS) is 15.7. The van der Waals surface area contributed by atoms with Crippen molar-refractivity contribution in [2.45, 2.75) is 25.7 Å². The van der Waals surface area contributed by atoms with E-state index < -0.39 is 5.97 Å². The van der Waals surface area contributed by atoms with Gasteiger partial charge >= 0.3 is 5.97 Å². The van der Waals surface area contributed by atoms with Crippen LogP contribution in [0.15, 0.2) is 28.7 Å². The maximum atomic E-state index is 11.0. The lowest BCUT2D eigenvalue weighted by Gasteiger charge is -2.13. The number of halogens is 1. The standard InChI is InChI=1S/C13H13BrO2/c14-12-7-6-10(8-11(12)13(15)16)9-4-2-1-3-5-9/h4,6-8H,1-3,5H2,(H,15,16). The van der Waals surface area contributed by atoms with Crippen molar-refractivity contribution in [2.24, 2.45) is 0 Å². The van der Waals surface area contributed by atoms with Gasteiger partial charge in [-0.25, -0.2) is 4.79 Å². The van der Waals surface area contributed by atoms with Crippen molar-refractivity contribution in [3.8, 4) is 0 Å². The Kier molecular flexibility index (Phi) is 3.44. The number of benzene rings is 1. The van der Waals surface area contributed by atoms with Crippen molar-refractivity contribution < 1.29 is 9.90 Å². The highest BCUT2D eigenvalue weighted by atomic mass is 79.9. The molecule has 0 bridgehead atoms. The van der Waals surface area contributed by atoms with E-state index in [1.807, 2.05) is 12.1 Å². The van der Waals surface area contributed by atoms with Crippen molar-refractivity contribution in [2.75, 3.05) is 0 Å². The molecule has 0 heterocycles. The first-order valence-corrected chi connectivity index (χ1v) is 6.20. The molecule has 84 valence electrons. The predicted molar refractivity (Wildman–Crippen MR) is 67.5 cm³/mol. The van der Waals surface area contributed by atoms with Crippen LogP contribution in [0.3, 0.4) is 0 Å². The molecule has 0 saturated carbocycles. The molecule has 1 aliphatic carbocycles. The van der Waals surface area contributed by atoms with E-state index in [4.69, 9.17) is 5.11 Å². The quantitative estimate of drug-likeness (QED) is 0.885. The number of hydrogen-bond donors (Lipinski definition) is 1. The van der Waals surface area contributed by atoms with Gasteiger partial charge in [-0.2, -0.15) is 0 Å². The van der Waals surface area contributed by atoms with Crippen LogP contribution in [0.5, 0.6) is 0 Å². The van der Waals surface area contributed by atoms with Gasteiger partial charge in [0.1, 0.15) is 0 Å². The van der Waals surface area contributed by atoms with E-state index in [0.717, 1.165) is 18.4 Å². The Morgan fingerprint density at radius 1 is 1.31 bits per heavy atom. The SMILES string of the molecule is O=C(O)c1cc(C2=CCCCC2)ccc1Br. The molecule has 1 aliphatic rings. The monoisotopic (exact) mass is 280 g/mol. The third-order valence-corrected chi connectivity index (χ3v) is 3.55. The Morgan fingerprint density at radius 2 is 2.12 bits per heavy atom. The number of carboxylic acid groups (broad SMARTS) is 1. The molecule has 0 saturated heterocycles. The molecule has 2 rings (SSSR count). The Hall–Kier alpha value is -1.09. The number of rotatable bonds is 2. The molecule has 3 heteroatoms. The molecular formula is C13H13BrO2. The smallest absolute Gasteiger partial charge is 0.336 e. The van der Waals surface area contributed by atoms with Crippen LogP contribution in [0, 0.1) is 0 Å². The molecule has 0 atom stereocenters. The summed E-state index contributed by atoms with van der Waals surface area (Å²) in [5.41, 5.74) is 2.66. The Bertz CT molecular complexity index is 449. The first kappa shape index (κ1) is 11.4. The summed E-state index contributed by atoms with van der Waals surface area (Å²) in [5.74, 6) is -0.884. The van der Waals surface area contributed by atoms with Crippen LogP contribution in [-0.4, -0.2) is 11.1 Å². The fourth-order valence-electron chi connectivity index (χ4n) is 1.99. The largest absolute Gasteiger partial charge is 0.478 e. The van der Waals surface area contributed by atoms with Crippen LogP contribution in [0.1, 0.15) is 41.6 Å². The topological polar surface area (TPSA) is 37.3 Å². The van der Waals surface area contributed by atoms with Crippen molar-refractivity contribution in [1.82, 2.24) is 0 Å². The van der Waals surface area contributed by atoms with E-state index >= 15 is 0 Å². The van der Waals surface area contributed by atoms with Crippen LogP contribution in [0.2, 0.25) is 0 Å². The van der Waals surface area contributed by atoms with Crippen molar-refractivity contribution in [3.63, 3.8) is 0 Å². The fourth-order valence-corrected chi connectivity index (χ4v) is 2.41. The van der Waals surface area contributed by atoms with Crippen LogP contribution in [-0.2, 0) is 0 Å². The second-order valence-electron chi connectivity index (χ2n) is 3.97. The molecule has 1 aromatic carbocycles. The van der Waals surface area contributed by atoms with E-state index in [-0.39, 0.29) is 0 Å². The van der Waals surface area contributed by atoms with Crippen LogP contribution >= 0.6 is 15.9 Å². The zero-order valence-corrected chi connectivity index (χ0v) is 10.5.